The van der Waals surface area contributed by atoms with Crippen LogP contribution >= 0.6 is 0 Å². The summed E-state index contributed by atoms with van der Waals surface area (Å²) < 4.78 is 48.8. The molecule has 112 valence electrons. The third-order valence-corrected chi connectivity index (χ3v) is 6.94. The minimum atomic E-state index is -3.67. The molecule has 0 amide bonds. The predicted molar refractivity (Wildman–Crippen MR) is 77.6 cm³/mol. The standard InChI is InChI=1S/C12H18N2O4S2/c1-2-10-3-4-11(9-12(10)13)20(17,18)14-5-7-19(15,16)8-6-14/h3-4,9H,2,5-8,13H2,1H3. The lowest BCUT2D eigenvalue weighted by molar-refractivity contribution is 0.431. The highest BCUT2D eigenvalue weighted by molar-refractivity contribution is 7.92. The smallest absolute Gasteiger partial charge is 0.243 e. The molecule has 2 N–H and O–H groups in total. The number of aryl methyl sites for hydroxylation is 1. The predicted octanol–water partition coefficient (Wildman–Crippen LogP) is 0.250. The summed E-state index contributed by atoms with van der Waals surface area (Å²) in [5, 5.41) is 0. The molecule has 0 radical (unpaired) electrons. The average molecular weight is 318 g/mol. The van der Waals surface area contributed by atoms with Gasteiger partial charge in [0.15, 0.2) is 9.84 Å². The van der Waals surface area contributed by atoms with Gasteiger partial charge in [0.1, 0.15) is 0 Å². The quantitative estimate of drug-likeness (QED) is 0.806. The van der Waals surface area contributed by atoms with Crippen LogP contribution in [0.25, 0.3) is 0 Å². The Balaban J connectivity index is 2.29. The van der Waals surface area contributed by atoms with Gasteiger partial charge in [0.25, 0.3) is 0 Å². The van der Waals surface area contributed by atoms with E-state index in [4.69, 9.17) is 5.73 Å². The van der Waals surface area contributed by atoms with Crippen molar-refractivity contribution in [3.8, 4) is 0 Å². The van der Waals surface area contributed by atoms with Crippen molar-refractivity contribution >= 4 is 25.5 Å². The van der Waals surface area contributed by atoms with E-state index in [0.717, 1.165) is 12.0 Å². The van der Waals surface area contributed by atoms with Crippen molar-refractivity contribution in [3.63, 3.8) is 0 Å². The van der Waals surface area contributed by atoms with Crippen molar-refractivity contribution in [1.82, 2.24) is 4.31 Å². The molecule has 0 saturated carbocycles. The lowest BCUT2D eigenvalue weighted by atomic mass is 10.1. The number of sulfone groups is 1. The molecule has 1 aromatic carbocycles. The number of anilines is 1. The molecule has 0 unspecified atom stereocenters. The first-order valence-corrected chi connectivity index (χ1v) is 9.61. The van der Waals surface area contributed by atoms with E-state index in [9.17, 15) is 16.8 Å². The molecule has 1 aliphatic heterocycles. The van der Waals surface area contributed by atoms with Gasteiger partial charge in [-0.3, -0.25) is 0 Å². The number of sulfonamides is 1. The van der Waals surface area contributed by atoms with Crippen molar-refractivity contribution in [2.24, 2.45) is 0 Å². The fourth-order valence-corrected chi connectivity index (χ4v) is 5.05. The van der Waals surface area contributed by atoms with Gasteiger partial charge in [-0.15, -0.1) is 0 Å². The second-order valence-corrected chi connectivity index (χ2v) is 9.01. The first kappa shape index (κ1) is 15.3. The van der Waals surface area contributed by atoms with Crippen LogP contribution in [0.15, 0.2) is 23.1 Å². The van der Waals surface area contributed by atoms with Crippen LogP contribution in [-0.2, 0) is 26.3 Å². The summed E-state index contributed by atoms with van der Waals surface area (Å²) in [6.45, 7) is 1.94. The second-order valence-electron chi connectivity index (χ2n) is 4.77. The van der Waals surface area contributed by atoms with Gasteiger partial charge in [-0.1, -0.05) is 13.0 Å². The van der Waals surface area contributed by atoms with E-state index in [2.05, 4.69) is 0 Å². The number of rotatable bonds is 3. The van der Waals surface area contributed by atoms with E-state index >= 15 is 0 Å². The maximum absolute atomic E-state index is 12.4. The minimum absolute atomic E-state index is 0.0000998. The van der Waals surface area contributed by atoms with Crippen LogP contribution in [0.5, 0.6) is 0 Å². The number of hydrogen-bond donors (Lipinski definition) is 1. The van der Waals surface area contributed by atoms with Crippen LogP contribution < -0.4 is 5.73 Å². The Hall–Kier alpha value is -1.12. The van der Waals surface area contributed by atoms with Crippen molar-refractivity contribution in [2.45, 2.75) is 18.2 Å². The molecule has 0 spiro atoms. The Morgan fingerprint density at radius 3 is 2.35 bits per heavy atom. The minimum Gasteiger partial charge on any atom is -0.398 e. The van der Waals surface area contributed by atoms with Gasteiger partial charge in [-0.25, -0.2) is 16.8 Å². The molecule has 1 aromatic rings. The fourth-order valence-electron chi connectivity index (χ4n) is 2.14. The Morgan fingerprint density at radius 2 is 1.85 bits per heavy atom. The van der Waals surface area contributed by atoms with Crippen LogP contribution in [0.1, 0.15) is 12.5 Å². The second kappa shape index (κ2) is 5.34. The van der Waals surface area contributed by atoms with Gasteiger partial charge in [-0.2, -0.15) is 4.31 Å². The first-order valence-electron chi connectivity index (χ1n) is 6.35. The SMILES string of the molecule is CCc1ccc(S(=O)(=O)N2CCS(=O)(=O)CC2)cc1N. The molecule has 20 heavy (non-hydrogen) atoms. The number of nitrogens with zero attached hydrogens (tertiary/aromatic N) is 1. The summed E-state index contributed by atoms with van der Waals surface area (Å²) in [5.41, 5.74) is 7.16. The average Bonchev–Trinajstić information content (AvgIpc) is 2.38. The van der Waals surface area contributed by atoms with E-state index in [1.165, 1.54) is 16.4 Å². The van der Waals surface area contributed by atoms with Gasteiger partial charge < -0.3 is 5.73 Å². The largest absolute Gasteiger partial charge is 0.398 e. The van der Waals surface area contributed by atoms with Gasteiger partial charge in [0, 0.05) is 18.8 Å². The summed E-state index contributed by atoms with van der Waals surface area (Å²) in [7, 11) is -6.78. The Morgan fingerprint density at radius 1 is 1.25 bits per heavy atom. The highest BCUT2D eigenvalue weighted by Gasteiger charge is 2.31. The van der Waals surface area contributed by atoms with Crippen LogP contribution in [-0.4, -0.2) is 45.7 Å². The molecule has 1 saturated heterocycles. The molecule has 0 aliphatic carbocycles. The Labute approximate surface area is 119 Å². The van der Waals surface area contributed by atoms with Crippen LogP contribution in [0.3, 0.4) is 0 Å². The zero-order valence-corrected chi connectivity index (χ0v) is 12.9. The summed E-state index contributed by atoms with van der Waals surface area (Å²) in [6.07, 6.45) is 0.730. The zero-order valence-electron chi connectivity index (χ0n) is 11.2. The highest BCUT2D eigenvalue weighted by atomic mass is 32.2. The van der Waals surface area contributed by atoms with E-state index in [1.807, 2.05) is 6.92 Å². The molecule has 6 nitrogen and oxygen atoms in total. The molecule has 1 fully saturated rings. The third kappa shape index (κ3) is 2.97. The molecule has 0 atom stereocenters. The molecular weight excluding hydrogens is 300 g/mol. The molecule has 0 aromatic heterocycles. The van der Waals surface area contributed by atoms with E-state index in [0.29, 0.717) is 5.69 Å². The highest BCUT2D eigenvalue weighted by Crippen LogP contribution is 2.23. The third-order valence-electron chi connectivity index (χ3n) is 3.44. The molecule has 0 bridgehead atoms. The van der Waals surface area contributed by atoms with Gasteiger partial charge in [0.05, 0.1) is 16.4 Å². The summed E-state index contributed by atoms with van der Waals surface area (Å²) in [4.78, 5) is 0.117. The van der Waals surface area contributed by atoms with Crippen molar-refractivity contribution in [1.29, 1.82) is 0 Å². The van der Waals surface area contributed by atoms with Crippen molar-refractivity contribution in [3.05, 3.63) is 23.8 Å². The van der Waals surface area contributed by atoms with Crippen LogP contribution in [0.4, 0.5) is 5.69 Å². The molecular formula is C12H18N2O4S2. The summed E-state index contributed by atoms with van der Waals surface area (Å²) in [6, 6.07) is 4.66. The van der Waals surface area contributed by atoms with E-state index in [-0.39, 0.29) is 29.5 Å². The summed E-state index contributed by atoms with van der Waals surface area (Å²) in [5.74, 6) is -0.260. The lowest BCUT2D eigenvalue weighted by Crippen LogP contribution is -2.43. The van der Waals surface area contributed by atoms with Gasteiger partial charge >= 0.3 is 0 Å². The van der Waals surface area contributed by atoms with Gasteiger partial charge in [0.2, 0.25) is 10.0 Å². The molecule has 8 heteroatoms. The molecule has 1 heterocycles. The Kier molecular flexibility index (Phi) is 4.08. The lowest BCUT2D eigenvalue weighted by Gasteiger charge is -2.26. The Bertz CT molecular complexity index is 697. The zero-order chi connectivity index (χ0) is 15.0. The van der Waals surface area contributed by atoms with Gasteiger partial charge in [-0.05, 0) is 24.1 Å². The fraction of sp³-hybridized carbons (Fsp3) is 0.500. The normalized spacial score (nSPS) is 19.9. The van der Waals surface area contributed by atoms with E-state index < -0.39 is 19.9 Å². The van der Waals surface area contributed by atoms with Crippen molar-refractivity contribution in [2.75, 3.05) is 30.3 Å². The van der Waals surface area contributed by atoms with Crippen molar-refractivity contribution < 1.29 is 16.8 Å². The number of nitrogens with two attached hydrogens (primary N) is 1. The molecule has 2 rings (SSSR count). The first-order chi connectivity index (χ1) is 9.26. The van der Waals surface area contributed by atoms with Crippen LogP contribution in [0.2, 0.25) is 0 Å². The summed E-state index contributed by atoms with van der Waals surface area (Å²) >= 11 is 0. The number of hydrogen-bond acceptors (Lipinski definition) is 5. The number of benzene rings is 1. The monoisotopic (exact) mass is 318 g/mol. The maximum atomic E-state index is 12.4. The van der Waals surface area contributed by atoms with E-state index in [1.54, 1.807) is 6.07 Å². The number of nitrogen functional groups attached to an aromatic ring is 1. The van der Waals surface area contributed by atoms with Crippen LogP contribution in [0, 0.1) is 0 Å². The maximum Gasteiger partial charge on any atom is 0.243 e. The molecule has 1 aliphatic rings. The topological polar surface area (TPSA) is 97.5 Å².